The largest absolute Gasteiger partial charge is 0.356 e. The molecule has 1 saturated heterocycles. The van der Waals surface area contributed by atoms with Crippen LogP contribution in [0.4, 0.5) is 5.82 Å². The van der Waals surface area contributed by atoms with Crippen LogP contribution in [0.1, 0.15) is 32.6 Å². The standard InChI is InChI=1S/C28H26N2O2S/c1-19-10-12-20(13-11-19)18-24-27(32)23-9-5-8-22(26(31)21-6-3-2-4-7-21)25(23)29-28(24)30-14-16-33-17-15-30/h2-13H,14-18H2,1H3,(H,29,32). The number of thioether (sulfide) groups is 1. The lowest BCUT2D eigenvalue weighted by Gasteiger charge is -2.30. The Morgan fingerprint density at radius 2 is 1.67 bits per heavy atom. The van der Waals surface area contributed by atoms with Crippen LogP contribution in [0.2, 0.25) is 0 Å². The molecule has 2 heterocycles. The highest BCUT2D eigenvalue weighted by Gasteiger charge is 2.22. The molecule has 0 unspecified atom stereocenters. The van der Waals surface area contributed by atoms with E-state index in [9.17, 15) is 9.59 Å². The van der Waals surface area contributed by atoms with Gasteiger partial charge in [0.2, 0.25) is 0 Å². The molecule has 1 N–H and O–H groups in total. The number of aromatic amines is 1. The first-order valence-corrected chi connectivity index (χ1v) is 12.4. The number of hydrogen-bond donors (Lipinski definition) is 1. The van der Waals surface area contributed by atoms with Crippen LogP contribution < -0.4 is 10.3 Å². The van der Waals surface area contributed by atoms with Gasteiger partial charge in [0, 0.05) is 53.1 Å². The third-order valence-electron chi connectivity index (χ3n) is 6.22. The van der Waals surface area contributed by atoms with Crippen molar-refractivity contribution in [3.05, 3.63) is 111 Å². The number of nitrogens with one attached hydrogen (secondary N) is 1. The monoisotopic (exact) mass is 454 g/mol. The number of anilines is 1. The summed E-state index contributed by atoms with van der Waals surface area (Å²) in [6.45, 7) is 3.82. The minimum absolute atomic E-state index is 0.000244. The Hall–Kier alpha value is -3.31. The molecule has 0 aliphatic carbocycles. The van der Waals surface area contributed by atoms with Crippen molar-refractivity contribution >= 4 is 34.3 Å². The summed E-state index contributed by atoms with van der Waals surface area (Å²) in [5, 5.41) is 0.564. The van der Waals surface area contributed by atoms with Gasteiger partial charge in [0.1, 0.15) is 5.82 Å². The van der Waals surface area contributed by atoms with Gasteiger partial charge >= 0.3 is 0 Å². The topological polar surface area (TPSA) is 53.2 Å². The zero-order valence-electron chi connectivity index (χ0n) is 18.6. The molecule has 1 aliphatic heterocycles. The predicted octanol–water partition coefficient (Wildman–Crippen LogP) is 5.21. The SMILES string of the molecule is Cc1ccc(Cc2c(N3CCSCC3)[nH]c3c(C(=O)c4ccccc4)cccc3c2=O)cc1. The number of carbonyl (C=O) groups is 1. The Balaban J connectivity index is 1.69. The molecule has 0 radical (unpaired) electrons. The van der Waals surface area contributed by atoms with Crippen molar-refractivity contribution in [2.45, 2.75) is 13.3 Å². The highest BCUT2D eigenvalue weighted by Crippen LogP contribution is 2.27. The van der Waals surface area contributed by atoms with E-state index in [0.717, 1.165) is 41.5 Å². The second-order valence-corrected chi connectivity index (χ2v) is 9.69. The number of aromatic nitrogens is 1. The smallest absolute Gasteiger partial charge is 0.195 e. The lowest BCUT2D eigenvalue weighted by atomic mass is 9.97. The van der Waals surface area contributed by atoms with Crippen LogP contribution in [0.3, 0.4) is 0 Å². The fourth-order valence-electron chi connectivity index (χ4n) is 4.41. The molecule has 0 spiro atoms. The van der Waals surface area contributed by atoms with Crippen LogP contribution in [0.5, 0.6) is 0 Å². The van der Waals surface area contributed by atoms with Crippen LogP contribution in [-0.4, -0.2) is 35.4 Å². The van der Waals surface area contributed by atoms with Crippen LogP contribution in [0.15, 0.2) is 77.6 Å². The lowest BCUT2D eigenvalue weighted by Crippen LogP contribution is -2.35. The van der Waals surface area contributed by atoms with E-state index in [-0.39, 0.29) is 11.2 Å². The van der Waals surface area contributed by atoms with Gasteiger partial charge in [-0.2, -0.15) is 11.8 Å². The quantitative estimate of drug-likeness (QED) is 0.421. The molecule has 1 fully saturated rings. The summed E-state index contributed by atoms with van der Waals surface area (Å²) in [4.78, 5) is 33.0. The zero-order chi connectivity index (χ0) is 22.8. The zero-order valence-corrected chi connectivity index (χ0v) is 19.5. The minimum atomic E-state index is -0.0803. The molecule has 0 bridgehead atoms. The van der Waals surface area contributed by atoms with E-state index in [2.05, 4.69) is 41.1 Å². The van der Waals surface area contributed by atoms with E-state index >= 15 is 0 Å². The van der Waals surface area contributed by atoms with Crippen molar-refractivity contribution in [2.24, 2.45) is 0 Å². The molecule has 5 heteroatoms. The highest BCUT2D eigenvalue weighted by atomic mass is 32.2. The van der Waals surface area contributed by atoms with Gasteiger partial charge in [-0.3, -0.25) is 9.59 Å². The number of nitrogens with zero attached hydrogens (tertiary/aromatic N) is 1. The number of ketones is 1. The highest BCUT2D eigenvalue weighted by molar-refractivity contribution is 7.99. The molecule has 5 rings (SSSR count). The van der Waals surface area contributed by atoms with E-state index in [0.29, 0.717) is 28.5 Å². The van der Waals surface area contributed by atoms with Gasteiger partial charge in [0.05, 0.1) is 5.52 Å². The van der Waals surface area contributed by atoms with Crippen LogP contribution in [-0.2, 0) is 6.42 Å². The van der Waals surface area contributed by atoms with Crippen LogP contribution in [0.25, 0.3) is 10.9 Å². The first-order chi connectivity index (χ1) is 16.1. The van der Waals surface area contributed by atoms with Gasteiger partial charge in [0.15, 0.2) is 11.2 Å². The Morgan fingerprint density at radius 3 is 2.39 bits per heavy atom. The van der Waals surface area contributed by atoms with Gasteiger partial charge in [-0.25, -0.2) is 0 Å². The molecule has 0 amide bonds. The number of carbonyl (C=O) groups excluding carboxylic acids is 1. The average Bonchev–Trinajstić information content (AvgIpc) is 2.87. The molecule has 33 heavy (non-hydrogen) atoms. The molecule has 166 valence electrons. The Morgan fingerprint density at radius 1 is 0.939 bits per heavy atom. The summed E-state index contributed by atoms with van der Waals surface area (Å²) >= 11 is 1.93. The van der Waals surface area contributed by atoms with Crippen molar-refractivity contribution in [2.75, 3.05) is 29.5 Å². The summed E-state index contributed by atoms with van der Waals surface area (Å²) in [5.41, 5.74) is 4.84. The minimum Gasteiger partial charge on any atom is -0.356 e. The second kappa shape index (κ2) is 9.28. The van der Waals surface area contributed by atoms with E-state index < -0.39 is 0 Å². The van der Waals surface area contributed by atoms with Crippen LogP contribution >= 0.6 is 11.8 Å². The lowest BCUT2D eigenvalue weighted by molar-refractivity contribution is 0.104. The number of para-hydroxylation sites is 1. The van der Waals surface area contributed by atoms with Crippen molar-refractivity contribution < 1.29 is 4.79 Å². The number of pyridine rings is 1. The van der Waals surface area contributed by atoms with Gasteiger partial charge in [-0.05, 0) is 24.6 Å². The van der Waals surface area contributed by atoms with E-state index in [1.165, 1.54) is 5.56 Å². The summed E-state index contributed by atoms with van der Waals surface area (Å²) in [6, 6.07) is 23.0. The maximum absolute atomic E-state index is 13.8. The third-order valence-corrected chi connectivity index (χ3v) is 7.16. The van der Waals surface area contributed by atoms with Crippen molar-refractivity contribution in [1.29, 1.82) is 0 Å². The molecule has 1 aliphatic rings. The predicted molar refractivity (Wildman–Crippen MR) is 138 cm³/mol. The third kappa shape index (κ3) is 4.33. The molecular weight excluding hydrogens is 428 g/mol. The van der Waals surface area contributed by atoms with Gasteiger partial charge in [-0.1, -0.05) is 66.2 Å². The van der Waals surface area contributed by atoms with E-state index in [1.807, 2.05) is 54.2 Å². The van der Waals surface area contributed by atoms with E-state index in [1.54, 1.807) is 6.07 Å². The molecular formula is C28H26N2O2S. The summed E-state index contributed by atoms with van der Waals surface area (Å²) in [5.74, 6) is 2.81. The summed E-state index contributed by atoms with van der Waals surface area (Å²) < 4.78 is 0. The van der Waals surface area contributed by atoms with Gasteiger partial charge < -0.3 is 9.88 Å². The molecule has 4 aromatic rings. The number of fused-ring (bicyclic) bond motifs is 1. The van der Waals surface area contributed by atoms with Crippen molar-refractivity contribution in [1.82, 2.24) is 4.98 Å². The molecule has 4 nitrogen and oxygen atoms in total. The molecule has 0 saturated carbocycles. The van der Waals surface area contributed by atoms with Gasteiger partial charge in [-0.15, -0.1) is 0 Å². The number of hydrogen-bond acceptors (Lipinski definition) is 4. The fraction of sp³-hybridized carbons (Fsp3) is 0.214. The summed E-state index contributed by atoms with van der Waals surface area (Å²) in [7, 11) is 0. The number of rotatable bonds is 5. The fourth-order valence-corrected chi connectivity index (χ4v) is 5.31. The van der Waals surface area contributed by atoms with Crippen molar-refractivity contribution in [3.63, 3.8) is 0 Å². The number of aryl methyl sites for hydroxylation is 1. The maximum atomic E-state index is 13.8. The molecule has 1 aromatic heterocycles. The Labute approximate surface area is 197 Å². The second-order valence-electron chi connectivity index (χ2n) is 8.47. The number of H-pyrrole nitrogens is 1. The first-order valence-electron chi connectivity index (χ1n) is 11.3. The number of benzene rings is 3. The van der Waals surface area contributed by atoms with Gasteiger partial charge in [0.25, 0.3) is 0 Å². The normalized spacial score (nSPS) is 13.9. The van der Waals surface area contributed by atoms with Crippen molar-refractivity contribution in [3.8, 4) is 0 Å². The molecule has 3 aromatic carbocycles. The Kier molecular flexibility index (Phi) is 6.05. The average molecular weight is 455 g/mol. The maximum Gasteiger partial charge on any atom is 0.195 e. The molecule has 0 atom stereocenters. The summed E-state index contributed by atoms with van der Waals surface area (Å²) in [6.07, 6.45) is 0.557. The van der Waals surface area contributed by atoms with Crippen LogP contribution in [0, 0.1) is 6.92 Å². The Bertz CT molecular complexity index is 1350. The first kappa shape index (κ1) is 21.5. The van der Waals surface area contributed by atoms with E-state index in [4.69, 9.17) is 0 Å².